The number of hydrogen-bond donors (Lipinski definition) is 2. The molecule has 128 valence electrons. The van der Waals surface area contributed by atoms with E-state index in [1.54, 1.807) is 0 Å². The van der Waals surface area contributed by atoms with E-state index in [-0.39, 0.29) is 12.5 Å². The molecule has 0 saturated carbocycles. The molecule has 1 aliphatic heterocycles. The zero-order chi connectivity index (χ0) is 17.1. The summed E-state index contributed by atoms with van der Waals surface area (Å²) in [5, 5.41) is 22.1. The molecule has 2 N–H and O–H groups in total. The number of carboxylic acids is 1. The van der Waals surface area contributed by atoms with Gasteiger partial charge < -0.3 is 10.4 Å². The van der Waals surface area contributed by atoms with E-state index in [2.05, 4.69) is 11.4 Å². The van der Waals surface area contributed by atoms with Crippen LogP contribution in [0, 0.1) is 17.2 Å². The zero-order valence-electron chi connectivity index (χ0n) is 13.5. The summed E-state index contributed by atoms with van der Waals surface area (Å²) in [4.78, 5) is 26.6. The summed E-state index contributed by atoms with van der Waals surface area (Å²) in [6, 6.07) is 2.24. The number of aliphatic carboxylic acids is 1. The van der Waals surface area contributed by atoms with Crippen molar-refractivity contribution in [1.29, 1.82) is 5.26 Å². The van der Waals surface area contributed by atoms with Crippen LogP contribution >= 0.6 is 11.3 Å². The highest BCUT2D eigenvalue weighted by Crippen LogP contribution is 2.37. The fraction of sp³-hybridized carbons (Fsp3) is 0.588. The molecule has 1 saturated heterocycles. The Kier molecular flexibility index (Phi) is 5.17. The summed E-state index contributed by atoms with van der Waals surface area (Å²) in [5.41, 5.74) is 1.72. The Morgan fingerprint density at radius 2 is 2.12 bits per heavy atom. The van der Waals surface area contributed by atoms with Crippen molar-refractivity contribution in [3.05, 3.63) is 16.0 Å². The van der Waals surface area contributed by atoms with Crippen LogP contribution in [-0.2, 0) is 22.4 Å². The molecule has 1 aromatic heterocycles. The number of fused-ring (bicyclic) bond motifs is 1. The SMILES string of the molecule is N#Cc1c(NC(=O)CN2CCCC(C(=O)O)C2)sc2c1CCCC2. The van der Waals surface area contributed by atoms with Crippen molar-refractivity contribution < 1.29 is 14.7 Å². The minimum Gasteiger partial charge on any atom is -0.481 e. The second-order valence-corrected chi connectivity index (χ2v) is 7.59. The van der Waals surface area contributed by atoms with E-state index < -0.39 is 11.9 Å². The largest absolute Gasteiger partial charge is 0.481 e. The molecule has 1 unspecified atom stereocenters. The van der Waals surface area contributed by atoms with Gasteiger partial charge in [0.05, 0.1) is 18.0 Å². The van der Waals surface area contributed by atoms with Gasteiger partial charge in [-0.25, -0.2) is 0 Å². The van der Waals surface area contributed by atoms with Gasteiger partial charge in [0, 0.05) is 11.4 Å². The number of likely N-dealkylation sites (tertiary alicyclic amines) is 1. The van der Waals surface area contributed by atoms with Crippen molar-refractivity contribution in [3.8, 4) is 6.07 Å². The van der Waals surface area contributed by atoms with E-state index >= 15 is 0 Å². The van der Waals surface area contributed by atoms with Crippen molar-refractivity contribution in [3.63, 3.8) is 0 Å². The molecule has 1 atom stereocenters. The summed E-state index contributed by atoms with van der Waals surface area (Å²) in [5.74, 6) is -1.36. The van der Waals surface area contributed by atoms with E-state index in [1.807, 2.05) is 4.90 Å². The van der Waals surface area contributed by atoms with E-state index in [0.29, 0.717) is 23.5 Å². The molecular weight excluding hydrogens is 326 g/mol. The molecule has 0 bridgehead atoms. The highest BCUT2D eigenvalue weighted by atomic mass is 32.1. The van der Waals surface area contributed by atoms with Gasteiger partial charge >= 0.3 is 5.97 Å². The lowest BCUT2D eigenvalue weighted by Crippen LogP contribution is -2.42. The lowest BCUT2D eigenvalue weighted by molar-refractivity contribution is -0.144. The standard InChI is InChI=1S/C17H21N3O3S/c18-8-13-12-5-1-2-6-14(12)24-16(13)19-15(21)10-20-7-3-4-11(9-20)17(22)23/h11H,1-7,9-10H2,(H,19,21)(H,22,23). The van der Waals surface area contributed by atoms with Gasteiger partial charge in [-0.2, -0.15) is 5.26 Å². The van der Waals surface area contributed by atoms with Crippen molar-refractivity contribution in [2.75, 3.05) is 25.0 Å². The zero-order valence-corrected chi connectivity index (χ0v) is 14.3. The van der Waals surface area contributed by atoms with Crippen molar-refractivity contribution in [2.45, 2.75) is 38.5 Å². The Morgan fingerprint density at radius 3 is 2.88 bits per heavy atom. The maximum atomic E-state index is 12.3. The Balaban J connectivity index is 1.64. The van der Waals surface area contributed by atoms with Gasteiger partial charge in [0.15, 0.2) is 0 Å². The number of carbonyl (C=O) groups is 2. The maximum absolute atomic E-state index is 12.3. The van der Waals surface area contributed by atoms with Gasteiger partial charge in [-0.3, -0.25) is 14.5 Å². The first-order chi connectivity index (χ1) is 11.6. The molecule has 2 aliphatic rings. The molecule has 7 heteroatoms. The average molecular weight is 347 g/mol. The molecule has 1 amide bonds. The molecule has 1 fully saturated rings. The summed E-state index contributed by atoms with van der Waals surface area (Å²) in [7, 11) is 0. The third-order valence-corrected chi connectivity index (χ3v) is 5.97. The predicted octanol–water partition coefficient (Wildman–Crippen LogP) is 2.23. The Bertz CT molecular complexity index is 692. The molecule has 1 aliphatic carbocycles. The number of piperidine rings is 1. The van der Waals surface area contributed by atoms with Gasteiger partial charge in [0.1, 0.15) is 11.1 Å². The van der Waals surface area contributed by atoms with Crippen LogP contribution in [-0.4, -0.2) is 41.5 Å². The molecule has 2 heterocycles. The number of carboxylic acid groups (broad SMARTS) is 1. The van der Waals surface area contributed by atoms with Crippen LogP contribution in [0.1, 0.15) is 41.7 Å². The van der Waals surface area contributed by atoms with Gasteiger partial charge in [-0.05, 0) is 50.6 Å². The van der Waals surface area contributed by atoms with Crippen molar-refractivity contribution >= 4 is 28.2 Å². The molecular formula is C17H21N3O3S. The van der Waals surface area contributed by atoms with E-state index in [1.165, 1.54) is 16.2 Å². The number of nitriles is 1. The number of anilines is 1. The van der Waals surface area contributed by atoms with E-state index in [9.17, 15) is 14.9 Å². The topological polar surface area (TPSA) is 93.4 Å². The second-order valence-electron chi connectivity index (χ2n) is 6.49. The van der Waals surface area contributed by atoms with Crippen LogP contribution < -0.4 is 5.32 Å². The summed E-state index contributed by atoms with van der Waals surface area (Å²) in [6.07, 6.45) is 5.59. The quantitative estimate of drug-likeness (QED) is 0.871. The lowest BCUT2D eigenvalue weighted by Gasteiger charge is -2.29. The van der Waals surface area contributed by atoms with E-state index in [4.69, 9.17) is 5.11 Å². The minimum atomic E-state index is -0.794. The van der Waals surface area contributed by atoms with Gasteiger partial charge in [-0.1, -0.05) is 0 Å². The van der Waals surface area contributed by atoms with Crippen LogP contribution in [0.3, 0.4) is 0 Å². The van der Waals surface area contributed by atoms with Crippen LogP contribution in [0.25, 0.3) is 0 Å². The Labute approximate surface area is 145 Å². The molecule has 0 spiro atoms. The van der Waals surface area contributed by atoms with Gasteiger partial charge in [0.2, 0.25) is 5.91 Å². The number of aryl methyl sites for hydroxylation is 1. The highest BCUT2D eigenvalue weighted by Gasteiger charge is 2.27. The number of hydrogen-bond acceptors (Lipinski definition) is 5. The molecule has 1 aromatic rings. The van der Waals surface area contributed by atoms with Crippen LogP contribution in [0.5, 0.6) is 0 Å². The molecule has 3 rings (SSSR count). The normalized spacial score (nSPS) is 20.9. The third-order valence-electron chi connectivity index (χ3n) is 4.76. The smallest absolute Gasteiger partial charge is 0.307 e. The first-order valence-corrected chi connectivity index (χ1v) is 9.19. The Hall–Kier alpha value is -1.91. The van der Waals surface area contributed by atoms with Crippen LogP contribution in [0.15, 0.2) is 0 Å². The third kappa shape index (κ3) is 3.60. The Morgan fingerprint density at radius 1 is 1.33 bits per heavy atom. The average Bonchev–Trinajstić information content (AvgIpc) is 2.91. The summed E-state index contributed by atoms with van der Waals surface area (Å²) < 4.78 is 0. The molecule has 0 aromatic carbocycles. The number of carbonyl (C=O) groups excluding carboxylic acids is 1. The van der Waals surface area contributed by atoms with Crippen molar-refractivity contribution in [2.24, 2.45) is 5.92 Å². The molecule has 24 heavy (non-hydrogen) atoms. The number of rotatable bonds is 4. The van der Waals surface area contributed by atoms with Gasteiger partial charge in [0.25, 0.3) is 0 Å². The number of nitrogens with zero attached hydrogens (tertiary/aromatic N) is 2. The summed E-state index contributed by atoms with van der Waals surface area (Å²) in [6.45, 7) is 1.33. The van der Waals surface area contributed by atoms with Crippen LogP contribution in [0.4, 0.5) is 5.00 Å². The lowest BCUT2D eigenvalue weighted by atomic mass is 9.96. The predicted molar refractivity (Wildman–Crippen MR) is 91.1 cm³/mol. The second kappa shape index (κ2) is 7.32. The fourth-order valence-electron chi connectivity index (χ4n) is 3.54. The number of amides is 1. The van der Waals surface area contributed by atoms with Crippen LogP contribution in [0.2, 0.25) is 0 Å². The number of thiophene rings is 1. The minimum absolute atomic E-state index is 0.170. The molecule has 0 radical (unpaired) electrons. The number of nitrogens with one attached hydrogen (secondary N) is 1. The first kappa shape index (κ1) is 16.9. The van der Waals surface area contributed by atoms with E-state index in [0.717, 1.165) is 44.2 Å². The molecule has 6 nitrogen and oxygen atoms in total. The van der Waals surface area contributed by atoms with Crippen molar-refractivity contribution in [1.82, 2.24) is 4.90 Å². The van der Waals surface area contributed by atoms with Gasteiger partial charge in [-0.15, -0.1) is 11.3 Å². The maximum Gasteiger partial charge on any atom is 0.307 e. The first-order valence-electron chi connectivity index (χ1n) is 8.38. The highest BCUT2D eigenvalue weighted by molar-refractivity contribution is 7.16. The monoisotopic (exact) mass is 347 g/mol. The summed E-state index contributed by atoms with van der Waals surface area (Å²) >= 11 is 1.52. The fourth-order valence-corrected chi connectivity index (χ4v) is 4.80.